The number of rotatable bonds is 2. The quantitative estimate of drug-likeness (QED) is 0.576. The van der Waals surface area contributed by atoms with Crippen LogP contribution in [0.2, 0.25) is 0 Å². The zero-order chi connectivity index (χ0) is 17.7. The molecule has 7 heteroatoms. The van der Waals surface area contributed by atoms with Gasteiger partial charge in [-0.2, -0.15) is 5.10 Å². The van der Waals surface area contributed by atoms with E-state index in [2.05, 4.69) is 15.2 Å². The molecular weight excluding hydrogens is 328 g/mol. The van der Waals surface area contributed by atoms with E-state index in [1.54, 1.807) is 19.1 Å². The zero-order valence-electron chi connectivity index (χ0n) is 13.4. The molecule has 0 aliphatic rings. The number of methoxy groups -OCH3 is 1. The fraction of sp³-hybridized carbons (Fsp3) is 0.111. The van der Waals surface area contributed by atoms with Crippen molar-refractivity contribution in [2.75, 3.05) is 7.11 Å². The summed E-state index contributed by atoms with van der Waals surface area (Å²) in [7, 11) is 1.28. The molecule has 4 rings (SSSR count). The number of aromatic hydroxyl groups is 1. The molecule has 0 unspecified atom stereocenters. The van der Waals surface area contributed by atoms with Crippen LogP contribution in [0.3, 0.4) is 0 Å². The highest BCUT2D eigenvalue weighted by molar-refractivity contribution is 6.12. The van der Waals surface area contributed by atoms with Gasteiger partial charge in [-0.05, 0) is 31.2 Å². The maximum Gasteiger partial charge on any atom is 0.173 e. The van der Waals surface area contributed by atoms with Crippen LogP contribution in [0.4, 0.5) is 8.78 Å². The van der Waals surface area contributed by atoms with E-state index in [1.165, 1.54) is 19.2 Å². The van der Waals surface area contributed by atoms with Crippen LogP contribution in [-0.4, -0.2) is 27.4 Å². The smallest absolute Gasteiger partial charge is 0.173 e. The number of ether oxygens (including phenoxy) is 1. The van der Waals surface area contributed by atoms with Crippen LogP contribution in [0, 0.1) is 18.6 Å². The molecule has 5 nitrogen and oxygen atoms in total. The summed E-state index contributed by atoms with van der Waals surface area (Å²) in [6, 6.07) is 7.11. The van der Waals surface area contributed by atoms with Gasteiger partial charge in [0.1, 0.15) is 11.6 Å². The van der Waals surface area contributed by atoms with Gasteiger partial charge in [0.05, 0.1) is 23.9 Å². The Morgan fingerprint density at radius 2 is 1.80 bits per heavy atom. The first-order valence-electron chi connectivity index (χ1n) is 7.51. The number of nitrogens with zero attached hydrogens (tertiary/aromatic N) is 2. The molecule has 2 aromatic carbocycles. The zero-order valence-corrected chi connectivity index (χ0v) is 13.4. The van der Waals surface area contributed by atoms with E-state index in [4.69, 9.17) is 4.74 Å². The summed E-state index contributed by atoms with van der Waals surface area (Å²) >= 11 is 0. The number of fused-ring (bicyclic) bond motifs is 3. The van der Waals surface area contributed by atoms with E-state index in [0.29, 0.717) is 22.3 Å². The largest absolute Gasteiger partial charge is 0.508 e. The van der Waals surface area contributed by atoms with Gasteiger partial charge in [-0.1, -0.05) is 0 Å². The number of pyridine rings is 1. The highest BCUT2D eigenvalue weighted by Crippen LogP contribution is 2.39. The maximum atomic E-state index is 15.0. The number of phenolic OH excluding ortho intramolecular Hbond substituents is 1. The van der Waals surface area contributed by atoms with Crippen LogP contribution in [0.25, 0.3) is 33.1 Å². The van der Waals surface area contributed by atoms with Gasteiger partial charge in [-0.25, -0.2) is 13.8 Å². The van der Waals surface area contributed by atoms with Gasteiger partial charge in [0.2, 0.25) is 0 Å². The van der Waals surface area contributed by atoms with Crippen molar-refractivity contribution in [3.05, 3.63) is 47.7 Å². The fourth-order valence-corrected chi connectivity index (χ4v) is 3.01. The number of H-pyrrole nitrogens is 1. The SMILES string of the molecule is COc1cc(F)c2c(-c3ccc(O)cc3)nc3[nH]nc(C)c3c2c1F. The van der Waals surface area contributed by atoms with Crippen molar-refractivity contribution in [2.45, 2.75) is 6.92 Å². The third kappa shape index (κ3) is 2.20. The number of nitrogens with one attached hydrogen (secondary N) is 1. The number of hydrogen-bond acceptors (Lipinski definition) is 4. The third-order valence-electron chi connectivity index (χ3n) is 4.18. The monoisotopic (exact) mass is 341 g/mol. The molecule has 0 radical (unpaired) electrons. The molecule has 0 bridgehead atoms. The standard InChI is InChI=1S/C18H13F2N3O2/c1-8-13-15-14(11(19)7-12(25-2)16(15)20)17(21-18(13)23-22-8)9-3-5-10(24)6-4-9/h3-7,24H,1-2H3,(H,21,22,23). The summed E-state index contributed by atoms with van der Waals surface area (Å²) in [5, 5.41) is 16.8. The van der Waals surface area contributed by atoms with Gasteiger partial charge in [0.25, 0.3) is 0 Å². The van der Waals surface area contributed by atoms with Crippen LogP contribution in [0.15, 0.2) is 30.3 Å². The highest BCUT2D eigenvalue weighted by Gasteiger charge is 2.23. The molecule has 0 spiro atoms. The van der Waals surface area contributed by atoms with Crippen LogP contribution >= 0.6 is 0 Å². The topological polar surface area (TPSA) is 71.0 Å². The second-order valence-corrected chi connectivity index (χ2v) is 5.66. The van der Waals surface area contributed by atoms with E-state index < -0.39 is 11.6 Å². The fourth-order valence-electron chi connectivity index (χ4n) is 3.01. The number of hydrogen-bond donors (Lipinski definition) is 2. The Hall–Kier alpha value is -3.22. The minimum atomic E-state index is -0.671. The number of phenols is 1. The van der Waals surface area contributed by atoms with E-state index >= 15 is 0 Å². The molecule has 2 aromatic heterocycles. The molecule has 0 amide bonds. The first-order chi connectivity index (χ1) is 12.0. The molecule has 2 N–H and O–H groups in total. The van der Waals surface area contributed by atoms with Crippen LogP contribution < -0.4 is 4.74 Å². The summed E-state index contributed by atoms with van der Waals surface area (Å²) < 4.78 is 34.8. The second-order valence-electron chi connectivity index (χ2n) is 5.66. The van der Waals surface area contributed by atoms with Gasteiger partial charge in [-0.15, -0.1) is 0 Å². The third-order valence-corrected chi connectivity index (χ3v) is 4.18. The van der Waals surface area contributed by atoms with Crippen LogP contribution in [0.5, 0.6) is 11.5 Å². The Morgan fingerprint density at radius 3 is 2.48 bits per heavy atom. The molecule has 0 saturated carbocycles. The number of aromatic amines is 1. The van der Waals surface area contributed by atoms with E-state index in [9.17, 15) is 13.9 Å². The molecular formula is C18H13F2N3O2. The first kappa shape index (κ1) is 15.3. The number of halogens is 2. The molecule has 2 heterocycles. The van der Waals surface area contributed by atoms with Gasteiger partial charge in [0, 0.05) is 22.4 Å². The lowest BCUT2D eigenvalue weighted by atomic mass is 9.99. The molecule has 126 valence electrons. The summed E-state index contributed by atoms with van der Waals surface area (Å²) in [4.78, 5) is 4.43. The average molecular weight is 341 g/mol. The minimum absolute atomic E-state index is 0.0426. The molecule has 4 aromatic rings. The predicted octanol–water partition coefficient (Wildman–Crippen LogP) is 4.08. The summed E-state index contributed by atoms with van der Waals surface area (Å²) in [6.07, 6.45) is 0. The Kier molecular flexibility index (Phi) is 3.31. The first-order valence-corrected chi connectivity index (χ1v) is 7.51. The molecule has 25 heavy (non-hydrogen) atoms. The van der Waals surface area contributed by atoms with E-state index in [1.807, 2.05) is 0 Å². The lowest BCUT2D eigenvalue weighted by Crippen LogP contribution is -1.97. The maximum absolute atomic E-state index is 15.0. The number of aromatic nitrogens is 3. The molecule has 0 aliphatic heterocycles. The Bertz CT molecular complexity index is 1120. The summed E-state index contributed by atoms with van der Waals surface area (Å²) in [5.74, 6) is -1.43. The highest BCUT2D eigenvalue weighted by atomic mass is 19.1. The lowest BCUT2D eigenvalue weighted by Gasteiger charge is -2.12. The normalized spacial score (nSPS) is 11.4. The van der Waals surface area contributed by atoms with Crippen molar-refractivity contribution in [3.8, 4) is 22.8 Å². The lowest BCUT2D eigenvalue weighted by molar-refractivity contribution is 0.386. The van der Waals surface area contributed by atoms with Crippen molar-refractivity contribution in [1.82, 2.24) is 15.2 Å². The minimum Gasteiger partial charge on any atom is -0.508 e. The molecule has 0 atom stereocenters. The Labute approximate surface area is 140 Å². The Morgan fingerprint density at radius 1 is 1.08 bits per heavy atom. The Balaban J connectivity index is 2.23. The van der Waals surface area contributed by atoms with Gasteiger partial charge in [0.15, 0.2) is 17.2 Å². The van der Waals surface area contributed by atoms with E-state index in [-0.39, 0.29) is 28.0 Å². The van der Waals surface area contributed by atoms with Crippen molar-refractivity contribution < 1.29 is 18.6 Å². The number of benzene rings is 2. The van der Waals surface area contributed by atoms with Gasteiger partial charge >= 0.3 is 0 Å². The van der Waals surface area contributed by atoms with Crippen LogP contribution in [-0.2, 0) is 0 Å². The molecule has 0 saturated heterocycles. The summed E-state index contributed by atoms with van der Waals surface area (Å²) in [5.41, 5.74) is 1.65. The van der Waals surface area contributed by atoms with Crippen LogP contribution in [0.1, 0.15) is 5.69 Å². The van der Waals surface area contributed by atoms with Crippen molar-refractivity contribution in [3.63, 3.8) is 0 Å². The molecule has 0 aliphatic carbocycles. The number of aryl methyl sites for hydroxylation is 1. The second kappa shape index (κ2) is 5.41. The molecule has 0 fully saturated rings. The van der Waals surface area contributed by atoms with Crippen molar-refractivity contribution in [2.24, 2.45) is 0 Å². The van der Waals surface area contributed by atoms with Gasteiger partial charge in [-0.3, -0.25) is 5.10 Å². The van der Waals surface area contributed by atoms with Crippen molar-refractivity contribution in [1.29, 1.82) is 0 Å². The average Bonchev–Trinajstić information content (AvgIpc) is 2.98. The summed E-state index contributed by atoms with van der Waals surface area (Å²) in [6.45, 7) is 1.69. The van der Waals surface area contributed by atoms with Gasteiger partial charge < -0.3 is 9.84 Å². The van der Waals surface area contributed by atoms with E-state index in [0.717, 1.165) is 6.07 Å². The van der Waals surface area contributed by atoms with Crippen molar-refractivity contribution >= 4 is 21.8 Å². The predicted molar refractivity (Wildman–Crippen MR) is 89.7 cm³/mol.